The van der Waals surface area contributed by atoms with Gasteiger partial charge in [0.1, 0.15) is 0 Å². The SMILES string of the molecule is CCC1CCC2(CCCCC(C)C2)CC1. The first-order chi connectivity index (χ1) is 7.24. The first-order valence-electron chi connectivity index (χ1n) is 7.24. The lowest BCUT2D eigenvalue weighted by Crippen LogP contribution is -2.28. The summed E-state index contributed by atoms with van der Waals surface area (Å²) in [5.41, 5.74) is 0.793. The van der Waals surface area contributed by atoms with Crippen LogP contribution in [0.4, 0.5) is 0 Å². The van der Waals surface area contributed by atoms with Crippen LogP contribution in [0.5, 0.6) is 0 Å². The molecule has 0 aromatic heterocycles. The average Bonchev–Trinajstić information content (AvgIpc) is 2.42. The third-order valence-corrected chi connectivity index (χ3v) is 5.18. The molecule has 0 bridgehead atoms. The van der Waals surface area contributed by atoms with Gasteiger partial charge in [0.05, 0.1) is 0 Å². The van der Waals surface area contributed by atoms with E-state index in [1.54, 1.807) is 25.7 Å². The lowest BCUT2D eigenvalue weighted by molar-refractivity contribution is 0.111. The lowest BCUT2D eigenvalue weighted by atomic mass is 9.65. The molecule has 0 saturated heterocycles. The zero-order valence-electron chi connectivity index (χ0n) is 10.7. The maximum Gasteiger partial charge on any atom is -0.0295 e. The molecule has 1 spiro atoms. The molecule has 2 aliphatic carbocycles. The molecule has 0 nitrogen and oxygen atoms in total. The Bertz CT molecular complexity index is 186. The van der Waals surface area contributed by atoms with Gasteiger partial charge in [-0.25, -0.2) is 0 Å². The van der Waals surface area contributed by atoms with Crippen LogP contribution in [-0.2, 0) is 0 Å². The Morgan fingerprint density at radius 3 is 2.40 bits per heavy atom. The Kier molecular flexibility index (Phi) is 3.74. The quantitative estimate of drug-likeness (QED) is 0.557. The van der Waals surface area contributed by atoms with Crippen LogP contribution in [0, 0.1) is 17.3 Å². The predicted octanol–water partition coefficient (Wildman–Crippen LogP) is 5.17. The summed E-state index contributed by atoms with van der Waals surface area (Å²) in [6.07, 6.45) is 15.2. The summed E-state index contributed by atoms with van der Waals surface area (Å²) in [5.74, 6) is 2.07. The summed E-state index contributed by atoms with van der Waals surface area (Å²) in [4.78, 5) is 0. The molecule has 1 atom stereocenters. The van der Waals surface area contributed by atoms with Gasteiger partial charge in [-0.05, 0) is 55.8 Å². The highest BCUT2D eigenvalue weighted by molar-refractivity contribution is 4.88. The zero-order chi connectivity index (χ0) is 10.7. The second-order valence-corrected chi connectivity index (χ2v) is 6.41. The zero-order valence-corrected chi connectivity index (χ0v) is 10.7. The van der Waals surface area contributed by atoms with E-state index in [9.17, 15) is 0 Å². The van der Waals surface area contributed by atoms with Crippen LogP contribution in [0.1, 0.15) is 78.1 Å². The first-order valence-corrected chi connectivity index (χ1v) is 7.24. The Morgan fingerprint density at radius 2 is 1.73 bits per heavy atom. The van der Waals surface area contributed by atoms with Gasteiger partial charge in [-0.15, -0.1) is 0 Å². The molecule has 0 radical (unpaired) electrons. The van der Waals surface area contributed by atoms with E-state index in [1.165, 1.54) is 38.5 Å². The van der Waals surface area contributed by atoms with Gasteiger partial charge >= 0.3 is 0 Å². The van der Waals surface area contributed by atoms with Crippen LogP contribution in [0.3, 0.4) is 0 Å². The van der Waals surface area contributed by atoms with Crippen molar-refractivity contribution >= 4 is 0 Å². The molecular weight excluding hydrogens is 180 g/mol. The van der Waals surface area contributed by atoms with Gasteiger partial charge in [0.25, 0.3) is 0 Å². The molecule has 2 rings (SSSR count). The lowest BCUT2D eigenvalue weighted by Gasteiger charge is -2.41. The minimum atomic E-state index is 0.793. The van der Waals surface area contributed by atoms with Crippen molar-refractivity contribution in [2.75, 3.05) is 0 Å². The van der Waals surface area contributed by atoms with Crippen LogP contribution in [0.25, 0.3) is 0 Å². The van der Waals surface area contributed by atoms with Crippen LogP contribution in [0.15, 0.2) is 0 Å². The van der Waals surface area contributed by atoms with Crippen molar-refractivity contribution in [1.29, 1.82) is 0 Å². The molecule has 0 aromatic carbocycles. The van der Waals surface area contributed by atoms with Crippen molar-refractivity contribution in [3.05, 3.63) is 0 Å². The molecule has 2 saturated carbocycles. The average molecular weight is 208 g/mol. The second-order valence-electron chi connectivity index (χ2n) is 6.41. The number of rotatable bonds is 1. The third-order valence-electron chi connectivity index (χ3n) is 5.18. The highest BCUT2D eigenvalue weighted by Crippen LogP contribution is 2.49. The van der Waals surface area contributed by atoms with E-state index >= 15 is 0 Å². The van der Waals surface area contributed by atoms with Crippen molar-refractivity contribution in [3.63, 3.8) is 0 Å². The maximum absolute atomic E-state index is 2.49. The Hall–Kier alpha value is 0. The Balaban J connectivity index is 1.94. The molecule has 2 aliphatic rings. The minimum Gasteiger partial charge on any atom is -0.0651 e. The van der Waals surface area contributed by atoms with Gasteiger partial charge in [-0.1, -0.05) is 39.5 Å². The van der Waals surface area contributed by atoms with Crippen molar-refractivity contribution in [2.45, 2.75) is 78.1 Å². The van der Waals surface area contributed by atoms with Gasteiger partial charge < -0.3 is 0 Å². The van der Waals surface area contributed by atoms with Gasteiger partial charge in [0.15, 0.2) is 0 Å². The van der Waals surface area contributed by atoms with E-state index in [1.807, 2.05) is 0 Å². The van der Waals surface area contributed by atoms with Crippen LogP contribution in [-0.4, -0.2) is 0 Å². The molecule has 0 N–H and O–H groups in total. The maximum atomic E-state index is 2.49. The minimum absolute atomic E-state index is 0.793. The van der Waals surface area contributed by atoms with Crippen molar-refractivity contribution in [3.8, 4) is 0 Å². The molecule has 0 aliphatic heterocycles. The molecule has 15 heavy (non-hydrogen) atoms. The molecule has 1 unspecified atom stereocenters. The number of hydrogen-bond donors (Lipinski definition) is 0. The Morgan fingerprint density at radius 1 is 1.00 bits per heavy atom. The van der Waals surface area contributed by atoms with E-state index in [-0.39, 0.29) is 0 Å². The topological polar surface area (TPSA) is 0 Å². The normalized spacial score (nSPS) is 42.8. The predicted molar refractivity (Wildman–Crippen MR) is 66.9 cm³/mol. The largest absolute Gasteiger partial charge is 0.0651 e. The Labute approximate surface area is 95.8 Å². The summed E-state index contributed by atoms with van der Waals surface area (Å²) >= 11 is 0. The van der Waals surface area contributed by atoms with E-state index < -0.39 is 0 Å². The second kappa shape index (κ2) is 4.89. The fraction of sp³-hybridized carbons (Fsp3) is 1.00. The van der Waals surface area contributed by atoms with Gasteiger partial charge in [0.2, 0.25) is 0 Å². The molecule has 0 heterocycles. The fourth-order valence-electron chi connectivity index (χ4n) is 4.09. The van der Waals surface area contributed by atoms with Crippen LogP contribution >= 0.6 is 0 Å². The first kappa shape index (κ1) is 11.5. The van der Waals surface area contributed by atoms with Crippen molar-refractivity contribution in [2.24, 2.45) is 17.3 Å². The van der Waals surface area contributed by atoms with Crippen molar-refractivity contribution in [1.82, 2.24) is 0 Å². The van der Waals surface area contributed by atoms with E-state index in [4.69, 9.17) is 0 Å². The molecule has 2 fully saturated rings. The van der Waals surface area contributed by atoms with Crippen LogP contribution < -0.4 is 0 Å². The van der Waals surface area contributed by atoms with Crippen molar-refractivity contribution < 1.29 is 0 Å². The monoisotopic (exact) mass is 208 g/mol. The summed E-state index contributed by atoms with van der Waals surface area (Å²) in [6.45, 7) is 4.86. The van der Waals surface area contributed by atoms with E-state index in [0.29, 0.717) is 0 Å². The summed E-state index contributed by atoms with van der Waals surface area (Å²) in [5, 5.41) is 0. The summed E-state index contributed by atoms with van der Waals surface area (Å²) < 4.78 is 0. The molecule has 0 aromatic rings. The van der Waals surface area contributed by atoms with E-state index in [2.05, 4.69) is 13.8 Å². The van der Waals surface area contributed by atoms with Crippen LogP contribution in [0.2, 0.25) is 0 Å². The standard InChI is InChI=1S/C15H28/c1-3-14-7-10-15(11-8-14)9-5-4-6-13(2)12-15/h13-14H,3-12H2,1-2H3. The number of hydrogen-bond acceptors (Lipinski definition) is 0. The highest BCUT2D eigenvalue weighted by Gasteiger charge is 2.36. The molecular formula is C15H28. The van der Waals surface area contributed by atoms with Gasteiger partial charge in [-0.2, -0.15) is 0 Å². The summed E-state index contributed by atoms with van der Waals surface area (Å²) in [6, 6.07) is 0. The fourth-order valence-corrected chi connectivity index (χ4v) is 4.09. The van der Waals surface area contributed by atoms with Gasteiger partial charge in [0, 0.05) is 0 Å². The van der Waals surface area contributed by atoms with E-state index in [0.717, 1.165) is 17.3 Å². The molecule has 0 amide bonds. The smallest absolute Gasteiger partial charge is 0.0295 e. The van der Waals surface area contributed by atoms with Gasteiger partial charge in [-0.3, -0.25) is 0 Å². The highest BCUT2D eigenvalue weighted by atomic mass is 14.4. The molecule has 88 valence electrons. The molecule has 0 heteroatoms. The third kappa shape index (κ3) is 2.77. The summed E-state index contributed by atoms with van der Waals surface area (Å²) in [7, 11) is 0.